The number of nitrogens with zero attached hydrogens (tertiary/aromatic N) is 1. The molecule has 25 heavy (non-hydrogen) atoms. The maximum atomic E-state index is 12.5. The molecule has 0 spiro atoms. The van der Waals surface area contributed by atoms with Crippen LogP contribution in [0.15, 0.2) is 42.5 Å². The average molecular weight is 356 g/mol. The van der Waals surface area contributed by atoms with Crippen LogP contribution in [0, 0.1) is 5.92 Å². The van der Waals surface area contributed by atoms with E-state index in [0.29, 0.717) is 29.0 Å². The van der Waals surface area contributed by atoms with Crippen molar-refractivity contribution in [2.24, 2.45) is 5.92 Å². The van der Waals surface area contributed by atoms with E-state index < -0.39 is 0 Å². The van der Waals surface area contributed by atoms with Crippen LogP contribution in [-0.2, 0) is 0 Å². The first-order valence-corrected chi connectivity index (χ1v) is 8.85. The highest BCUT2D eigenvalue weighted by molar-refractivity contribution is 7.22. The van der Waals surface area contributed by atoms with Crippen LogP contribution in [-0.4, -0.2) is 24.6 Å². The predicted molar refractivity (Wildman–Crippen MR) is 101 cm³/mol. The fourth-order valence-corrected chi connectivity index (χ4v) is 3.13. The maximum Gasteiger partial charge on any atom is 0.257 e. The van der Waals surface area contributed by atoms with E-state index in [2.05, 4.69) is 24.1 Å². The minimum atomic E-state index is -0.207. The molecular formula is C19H20N2O3S. The first-order chi connectivity index (χ1) is 12.0. The molecule has 3 aromatic rings. The highest BCUT2D eigenvalue weighted by Crippen LogP contribution is 2.29. The highest BCUT2D eigenvalue weighted by Gasteiger charge is 2.11. The number of ether oxygens (including phenoxy) is 2. The first kappa shape index (κ1) is 17.2. The second-order valence-electron chi connectivity index (χ2n) is 6.04. The van der Waals surface area contributed by atoms with Gasteiger partial charge in [-0.3, -0.25) is 10.1 Å². The zero-order valence-corrected chi connectivity index (χ0v) is 15.2. The van der Waals surface area contributed by atoms with Gasteiger partial charge in [0.1, 0.15) is 11.5 Å². The molecule has 0 aliphatic heterocycles. The van der Waals surface area contributed by atoms with Crippen molar-refractivity contribution in [1.82, 2.24) is 4.98 Å². The minimum absolute atomic E-state index is 0.207. The van der Waals surface area contributed by atoms with Crippen molar-refractivity contribution in [1.29, 1.82) is 0 Å². The van der Waals surface area contributed by atoms with Crippen molar-refractivity contribution >= 4 is 32.6 Å². The summed E-state index contributed by atoms with van der Waals surface area (Å²) in [6, 6.07) is 12.8. The SMILES string of the molecule is COc1ccc2nc(NC(=O)c3cccc(OCC(C)C)c3)sc2c1. The van der Waals surface area contributed by atoms with Crippen LogP contribution < -0.4 is 14.8 Å². The molecule has 1 heterocycles. The number of hydrogen-bond donors (Lipinski definition) is 1. The molecule has 0 aliphatic carbocycles. The molecule has 0 atom stereocenters. The summed E-state index contributed by atoms with van der Waals surface area (Å²) in [5.74, 6) is 1.68. The molecule has 1 aromatic heterocycles. The van der Waals surface area contributed by atoms with Crippen LogP contribution in [0.2, 0.25) is 0 Å². The number of aromatic nitrogens is 1. The van der Waals surface area contributed by atoms with Crippen LogP contribution in [0.1, 0.15) is 24.2 Å². The van der Waals surface area contributed by atoms with Gasteiger partial charge in [0, 0.05) is 5.56 Å². The van der Waals surface area contributed by atoms with E-state index in [1.165, 1.54) is 11.3 Å². The van der Waals surface area contributed by atoms with Crippen molar-refractivity contribution in [2.45, 2.75) is 13.8 Å². The van der Waals surface area contributed by atoms with Gasteiger partial charge in [-0.15, -0.1) is 0 Å². The third-order valence-corrected chi connectivity index (χ3v) is 4.43. The summed E-state index contributed by atoms with van der Waals surface area (Å²) in [5, 5.41) is 3.41. The van der Waals surface area contributed by atoms with Crippen molar-refractivity contribution in [3.63, 3.8) is 0 Å². The molecule has 1 amide bonds. The number of carbonyl (C=O) groups is 1. The smallest absolute Gasteiger partial charge is 0.257 e. The van der Waals surface area contributed by atoms with E-state index in [0.717, 1.165) is 16.0 Å². The lowest BCUT2D eigenvalue weighted by molar-refractivity contribution is 0.102. The predicted octanol–water partition coefficient (Wildman–Crippen LogP) is 4.59. The monoisotopic (exact) mass is 356 g/mol. The number of methoxy groups -OCH3 is 1. The number of thiazole rings is 1. The number of rotatable bonds is 6. The number of amides is 1. The van der Waals surface area contributed by atoms with Gasteiger partial charge in [0.2, 0.25) is 0 Å². The van der Waals surface area contributed by atoms with Crippen molar-refractivity contribution in [2.75, 3.05) is 19.0 Å². The average Bonchev–Trinajstić information content (AvgIpc) is 3.01. The number of hydrogen-bond acceptors (Lipinski definition) is 5. The molecule has 5 nitrogen and oxygen atoms in total. The number of carbonyl (C=O) groups excluding carboxylic acids is 1. The molecule has 0 saturated heterocycles. The molecule has 0 fully saturated rings. The molecule has 1 N–H and O–H groups in total. The Hall–Kier alpha value is -2.60. The van der Waals surface area contributed by atoms with E-state index in [4.69, 9.17) is 9.47 Å². The van der Waals surface area contributed by atoms with Crippen LogP contribution in [0.5, 0.6) is 11.5 Å². The van der Waals surface area contributed by atoms with Gasteiger partial charge in [0.05, 0.1) is 23.9 Å². The quantitative estimate of drug-likeness (QED) is 0.702. The van der Waals surface area contributed by atoms with E-state index in [-0.39, 0.29) is 5.91 Å². The van der Waals surface area contributed by atoms with Crippen LogP contribution in [0.25, 0.3) is 10.2 Å². The Morgan fingerprint density at radius 3 is 2.80 bits per heavy atom. The van der Waals surface area contributed by atoms with E-state index in [1.54, 1.807) is 19.2 Å². The van der Waals surface area contributed by atoms with Gasteiger partial charge in [-0.2, -0.15) is 0 Å². The van der Waals surface area contributed by atoms with Crippen molar-refractivity contribution < 1.29 is 14.3 Å². The summed E-state index contributed by atoms with van der Waals surface area (Å²) in [6.45, 7) is 4.78. The summed E-state index contributed by atoms with van der Waals surface area (Å²) in [5.41, 5.74) is 1.37. The lowest BCUT2D eigenvalue weighted by Crippen LogP contribution is -2.12. The molecule has 130 valence electrons. The Morgan fingerprint density at radius 2 is 2.04 bits per heavy atom. The van der Waals surface area contributed by atoms with E-state index in [9.17, 15) is 4.79 Å². The van der Waals surface area contributed by atoms with Crippen LogP contribution in [0.4, 0.5) is 5.13 Å². The standard InChI is InChI=1S/C19H20N2O3S/c1-12(2)11-24-15-6-4-5-13(9-15)18(22)21-19-20-16-8-7-14(23-3)10-17(16)25-19/h4-10,12H,11H2,1-3H3,(H,20,21,22). The summed E-state index contributed by atoms with van der Waals surface area (Å²) in [7, 11) is 1.62. The number of nitrogens with one attached hydrogen (secondary N) is 1. The van der Waals surface area contributed by atoms with Gasteiger partial charge in [-0.25, -0.2) is 4.98 Å². The molecule has 0 saturated carbocycles. The topological polar surface area (TPSA) is 60.5 Å². The van der Waals surface area contributed by atoms with Crippen molar-refractivity contribution in [3.8, 4) is 11.5 Å². The minimum Gasteiger partial charge on any atom is -0.497 e. The zero-order valence-electron chi connectivity index (χ0n) is 14.4. The first-order valence-electron chi connectivity index (χ1n) is 8.04. The second kappa shape index (κ2) is 7.53. The molecular weight excluding hydrogens is 336 g/mol. The highest BCUT2D eigenvalue weighted by atomic mass is 32.1. The van der Waals surface area contributed by atoms with Crippen LogP contribution >= 0.6 is 11.3 Å². The molecule has 3 rings (SSSR count). The summed E-state index contributed by atoms with van der Waals surface area (Å²) < 4.78 is 11.8. The maximum absolute atomic E-state index is 12.5. The van der Waals surface area contributed by atoms with Gasteiger partial charge in [-0.1, -0.05) is 31.3 Å². The Morgan fingerprint density at radius 1 is 1.20 bits per heavy atom. The van der Waals surface area contributed by atoms with Crippen molar-refractivity contribution in [3.05, 3.63) is 48.0 Å². The molecule has 0 bridgehead atoms. The van der Waals surface area contributed by atoms with E-state index >= 15 is 0 Å². The Balaban J connectivity index is 1.74. The molecule has 0 unspecified atom stereocenters. The Bertz CT molecular complexity index is 889. The zero-order chi connectivity index (χ0) is 17.8. The van der Waals surface area contributed by atoms with Gasteiger partial charge in [0.15, 0.2) is 5.13 Å². The van der Waals surface area contributed by atoms with Crippen LogP contribution in [0.3, 0.4) is 0 Å². The van der Waals surface area contributed by atoms with Gasteiger partial charge in [-0.05, 0) is 42.3 Å². The summed E-state index contributed by atoms with van der Waals surface area (Å²) >= 11 is 1.41. The largest absolute Gasteiger partial charge is 0.497 e. The fourth-order valence-electron chi connectivity index (χ4n) is 2.24. The fraction of sp³-hybridized carbons (Fsp3) is 0.263. The number of benzene rings is 2. The molecule has 6 heteroatoms. The molecule has 2 aromatic carbocycles. The lowest BCUT2D eigenvalue weighted by Gasteiger charge is -2.09. The third kappa shape index (κ3) is 4.28. The second-order valence-corrected chi connectivity index (χ2v) is 7.07. The summed E-state index contributed by atoms with van der Waals surface area (Å²) in [6.07, 6.45) is 0. The third-order valence-electron chi connectivity index (χ3n) is 3.50. The summed E-state index contributed by atoms with van der Waals surface area (Å²) in [4.78, 5) is 16.9. The van der Waals surface area contributed by atoms with E-state index in [1.807, 2.05) is 30.3 Å². The molecule has 0 radical (unpaired) electrons. The normalized spacial score (nSPS) is 10.9. The van der Waals surface area contributed by atoms with Gasteiger partial charge in [0.25, 0.3) is 5.91 Å². The van der Waals surface area contributed by atoms with Gasteiger partial charge < -0.3 is 9.47 Å². The lowest BCUT2D eigenvalue weighted by atomic mass is 10.2. The van der Waals surface area contributed by atoms with Gasteiger partial charge >= 0.3 is 0 Å². The molecule has 0 aliphatic rings. The Kier molecular flexibility index (Phi) is 5.19. The number of fused-ring (bicyclic) bond motifs is 1. The number of anilines is 1. The Labute approximate surface area is 150 Å².